The van der Waals surface area contributed by atoms with Gasteiger partial charge in [0.05, 0.1) is 12.0 Å². The smallest absolute Gasteiger partial charge is 0.140 e. The molecule has 2 aromatic heterocycles. The van der Waals surface area contributed by atoms with Crippen LogP contribution in [0.25, 0.3) is 11.0 Å². The minimum Gasteiger partial charge on any atom is -0.464 e. The highest BCUT2D eigenvalue weighted by atomic mass is 16.3. The van der Waals surface area contributed by atoms with E-state index in [-0.39, 0.29) is 5.41 Å². The fraction of sp³-hybridized carbons (Fsp3) is 0.417. The lowest BCUT2D eigenvalue weighted by Gasteiger charge is -2.18. The van der Waals surface area contributed by atoms with Gasteiger partial charge in [0.2, 0.25) is 0 Å². The van der Waals surface area contributed by atoms with Crippen molar-refractivity contribution >= 4 is 11.0 Å². The van der Waals surface area contributed by atoms with Crippen molar-refractivity contribution in [2.45, 2.75) is 33.1 Å². The molecule has 0 spiro atoms. The fourth-order valence-electron chi connectivity index (χ4n) is 1.69. The summed E-state index contributed by atoms with van der Waals surface area (Å²) in [5.74, 6) is 0. The van der Waals surface area contributed by atoms with Gasteiger partial charge in [-0.05, 0) is 13.0 Å². The lowest BCUT2D eigenvalue weighted by Crippen LogP contribution is -2.13. The molecule has 0 unspecified atom stereocenters. The fourth-order valence-corrected chi connectivity index (χ4v) is 1.69. The first-order valence-corrected chi connectivity index (χ1v) is 4.83. The molecular formula is C12H15NO. The molecule has 0 atom stereocenters. The summed E-state index contributed by atoms with van der Waals surface area (Å²) in [6, 6.07) is 2.00. The van der Waals surface area contributed by atoms with Gasteiger partial charge in [0.15, 0.2) is 0 Å². The molecule has 0 radical (unpaired) electrons. The maximum absolute atomic E-state index is 5.44. The van der Waals surface area contributed by atoms with Crippen molar-refractivity contribution in [3.8, 4) is 0 Å². The van der Waals surface area contributed by atoms with Crippen LogP contribution < -0.4 is 0 Å². The van der Waals surface area contributed by atoms with Gasteiger partial charge < -0.3 is 4.42 Å². The van der Waals surface area contributed by atoms with Crippen LogP contribution in [0.15, 0.2) is 22.9 Å². The van der Waals surface area contributed by atoms with Gasteiger partial charge in [-0.2, -0.15) is 0 Å². The van der Waals surface area contributed by atoms with Gasteiger partial charge in [0.25, 0.3) is 0 Å². The zero-order chi connectivity index (χ0) is 10.3. The minimum absolute atomic E-state index is 0.0653. The number of hydrogen-bond donors (Lipinski definition) is 0. The van der Waals surface area contributed by atoms with Gasteiger partial charge >= 0.3 is 0 Å². The Labute approximate surface area is 84.0 Å². The van der Waals surface area contributed by atoms with Gasteiger partial charge in [-0.1, -0.05) is 20.8 Å². The van der Waals surface area contributed by atoms with Crippen molar-refractivity contribution in [2.75, 3.05) is 0 Å². The van der Waals surface area contributed by atoms with E-state index in [0.717, 1.165) is 22.2 Å². The zero-order valence-corrected chi connectivity index (χ0v) is 9.09. The van der Waals surface area contributed by atoms with Crippen LogP contribution in [0.1, 0.15) is 32.0 Å². The Hall–Kier alpha value is -1.31. The SMILES string of the molecule is Cc1cnc(C(C)(C)C)c2ccoc12. The second kappa shape index (κ2) is 2.84. The molecule has 0 aliphatic rings. The summed E-state index contributed by atoms with van der Waals surface area (Å²) < 4.78 is 5.44. The average Bonchev–Trinajstić information content (AvgIpc) is 2.50. The summed E-state index contributed by atoms with van der Waals surface area (Å²) >= 11 is 0. The quantitative estimate of drug-likeness (QED) is 0.634. The Morgan fingerprint density at radius 1 is 1.29 bits per heavy atom. The van der Waals surface area contributed by atoms with Gasteiger partial charge in [0, 0.05) is 22.6 Å². The second-order valence-electron chi connectivity index (χ2n) is 4.70. The Balaban J connectivity index is 2.80. The van der Waals surface area contributed by atoms with E-state index in [4.69, 9.17) is 4.42 Å². The molecule has 0 amide bonds. The van der Waals surface area contributed by atoms with Crippen molar-refractivity contribution in [2.24, 2.45) is 0 Å². The van der Waals surface area contributed by atoms with Crippen LogP contribution >= 0.6 is 0 Å². The number of aryl methyl sites for hydroxylation is 1. The third-order valence-corrected chi connectivity index (χ3v) is 2.38. The van der Waals surface area contributed by atoms with E-state index in [9.17, 15) is 0 Å². The highest BCUT2D eigenvalue weighted by Gasteiger charge is 2.20. The predicted octanol–water partition coefficient (Wildman–Crippen LogP) is 3.43. The van der Waals surface area contributed by atoms with Crippen LogP contribution in [0, 0.1) is 6.92 Å². The van der Waals surface area contributed by atoms with Crippen molar-refractivity contribution in [1.29, 1.82) is 0 Å². The van der Waals surface area contributed by atoms with Gasteiger partial charge in [-0.15, -0.1) is 0 Å². The molecule has 2 heteroatoms. The molecule has 2 aromatic rings. The van der Waals surface area contributed by atoms with Crippen LogP contribution in [0.5, 0.6) is 0 Å². The molecule has 0 aliphatic carbocycles. The number of rotatable bonds is 0. The lowest BCUT2D eigenvalue weighted by atomic mass is 9.89. The zero-order valence-electron chi connectivity index (χ0n) is 9.09. The summed E-state index contributed by atoms with van der Waals surface area (Å²) in [5, 5.41) is 1.14. The molecule has 0 aliphatic heterocycles. The van der Waals surface area contributed by atoms with Crippen molar-refractivity contribution in [3.05, 3.63) is 29.8 Å². The molecular weight excluding hydrogens is 174 g/mol. The number of hydrogen-bond acceptors (Lipinski definition) is 2. The first-order valence-electron chi connectivity index (χ1n) is 4.83. The van der Waals surface area contributed by atoms with E-state index in [1.807, 2.05) is 19.2 Å². The number of furan rings is 1. The first kappa shape index (κ1) is 9.25. The Kier molecular flexibility index (Phi) is 1.88. The molecule has 0 saturated heterocycles. The Morgan fingerprint density at radius 3 is 2.64 bits per heavy atom. The standard InChI is InChI=1S/C12H15NO/c1-8-7-13-11(12(2,3)4)9-5-6-14-10(8)9/h5-7H,1-4H3. The third-order valence-electron chi connectivity index (χ3n) is 2.38. The number of aromatic nitrogens is 1. The number of pyridine rings is 1. The molecule has 2 heterocycles. The molecule has 0 bridgehead atoms. The summed E-state index contributed by atoms with van der Waals surface area (Å²) in [6.45, 7) is 8.51. The highest BCUT2D eigenvalue weighted by molar-refractivity contribution is 5.82. The Bertz CT molecular complexity index is 463. The predicted molar refractivity (Wildman–Crippen MR) is 57.4 cm³/mol. The summed E-state index contributed by atoms with van der Waals surface area (Å²) in [6.07, 6.45) is 3.61. The number of fused-ring (bicyclic) bond motifs is 1. The lowest BCUT2D eigenvalue weighted by molar-refractivity contribution is 0.572. The maximum Gasteiger partial charge on any atom is 0.140 e. The van der Waals surface area contributed by atoms with E-state index in [2.05, 4.69) is 25.8 Å². The van der Waals surface area contributed by atoms with Crippen LogP contribution in [-0.4, -0.2) is 4.98 Å². The molecule has 14 heavy (non-hydrogen) atoms. The van der Waals surface area contributed by atoms with Crippen LogP contribution in [-0.2, 0) is 5.41 Å². The van der Waals surface area contributed by atoms with E-state index in [1.54, 1.807) is 6.26 Å². The van der Waals surface area contributed by atoms with Crippen molar-refractivity contribution < 1.29 is 4.42 Å². The number of nitrogens with zero attached hydrogens (tertiary/aromatic N) is 1. The highest BCUT2D eigenvalue weighted by Crippen LogP contribution is 2.29. The summed E-state index contributed by atoms with van der Waals surface area (Å²) in [5.41, 5.74) is 3.23. The molecule has 0 saturated carbocycles. The van der Waals surface area contributed by atoms with E-state index >= 15 is 0 Å². The molecule has 2 rings (SSSR count). The normalized spacial score (nSPS) is 12.3. The molecule has 74 valence electrons. The molecule has 0 fully saturated rings. The van der Waals surface area contributed by atoms with Crippen LogP contribution in [0.2, 0.25) is 0 Å². The first-order chi connectivity index (χ1) is 6.50. The molecule has 0 N–H and O–H groups in total. The van der Waals surface area contributed by atoms with E-state index < -0.39 is 0 Å². The third kappa shape index (κ3) is 1.31. The Morgan fingerprint density at radius 2 is 2.00 bits per heavy atom. The largest absolute Gasteiger partial charge is 0.464 e. The van der Waals surface area contributed by atoms with Crippen LogP contribution in [0.3, 0.4) is 0 Å². The van der Waals surface area contributed by atoms with Gasteiger partial charge in [-0.25, -0.2) is 0 Å². The monoisotopic (exact) mass is 189 g/mol. The van der Waals surface area contributed by atoms with Crippen molar-refractivity contribution in [3.63, 3.8) is 0 Å². The molecule has 2 nitrogen and oxygen atoms in total. The summed E-state index contributed by atoms with van der Waals surface area (Å²) in [7, 11) is 0. The van der Waals surface area contributed by atoms with Gasteiger partial charge in [-0.3, -0.25) is 4.98 Å². The second-order valence-corrected chi connectivity index (χ2v) is 4.70. The summed E-state index contributed by atoms with van der Waals surface area (Å²) in [4.78, 5) is 4.49. The van der Waals surface area contributed by atoms with Crippen LogP contribution in [0.4, 0.5) is 0 Å². The van der Waals surface area contributed by atoms with Crippen molar-refractivity contribution in [1.82, 2.24) is 4.98 Å². The molecule has 0 aromatic carbocycles. The topological polar surface area (TPSA) is 26.0 Å². The maximum atomic E-state index is 5.44. The minimum atomic E-state index is 0.0653. The average molecular weight is 189 g/mol. The van der Waals surface area contributed by atoms with E-state index in [1.165, 1.54) is 0 Å². The van der Waals surface area contributed by atoms with E-state index in [0.29, 0.717) is 0 Å². The van der Waals surface area contributed by atoms with Gasteiger partial charge in [0.1, 0.15) is 5.58 Å².